The first-order valence-electron chi connectivity index (χ1n) is 6.16. The SMILES string of the molecule is COCC(=O)OCC(=O)Nc1cc(OC)c([N+](=O)[O-])cc1C. The third kappa shape index (κ3) is 4.70. The van der Waals surface area contributed by atoms with Crippen LogP contribution in [-0.4, -0.2) is 44.2 Å². The number of nitrogens with one attached hydrogen (secondary N) is 1. The van der Waals surface area contributed by atoms with E-state index in [-0.39, 0.29) is 18.0 Å². The third-order valence-corrected chi connectivity index (χ3v) is 2.62. The highest BCUT2D eigenvalue weighted by Gasteiger charge is 2.18. The molecule has 0 saturated heterocycles. The number of aryl methyl sites for hydroxylation is 1. The molecule has 1 aromatic carbocycles. The topological polar surface area (TPSA) is 117 Å². The van der Waals surface area contributed by atoms with Crippen LogP contribution in [0.4, 0.5) is 11.4 Å². The van der Waals surface area contributed by atoms with Gasteiger partial charge in [0.05, 0.1) is 12.0 Å². The standard InChI is InChI=1S/C13H16N2O7/c1-8-4-10(15(18)19)11(21-3)5-9(8)14-12(16)6-22-13(17)7-20-2/h4-5H,6-7H2,1-3H3,(H,14,16). The van der Waals surface area contributed by atoms with Crippen molar-refractivity contribution >= 4 is 23.3 Å². The molecule has 22 heavy (non-hydrogen) atoms. The van der Waals surface area contributed by atoms with Crippen molar-refractivity contribution < 1.29 is 28.7 Å². The molecule has 0 saturated carbocycles. The molecule has 0 spiro atoms. The number of amides is 1. The second-order valence-electron chi connectivity index (χ2n) is 4.24. The lowest BCUT2D eigenvalue weighted by atomic mass is 10.1. The largest absolute Gasteiger partial charge is 0.490 e. The van der Waals surface area contributed by atoms with E-state index in [1.54, 1.807) is 6.92 Å². The fourth-order valence-electron chi connectivity index (χ4n) is 1.61. The number of hydrogen-bond donors (Lipinski definition) is 1. The van der Waals surface area contributed by atoms with Gasteiger partial charge in [0, 0.05) is 24.9 Å². The number of nitro groups is 1. The molecular formula is C13H16N2O7. The van der Waals surface area contributed by atoms with E-state index < -0.39 is 23.4 Å². The summed E-state index contributed by atoms with van der Waals surface area (Å²) >= 11 is 0. The Kier molecular flexibility index (Phi) is 6.26. The van der Waals surface area contributed by atoms with Crippen molar-refractivity contribution in [3.05, 3.63) is 27.8 Å². The minimum absolute atomic E-state index is 0.0160. The molecule has 0 fully saturated rings. The number of methoxy groups -OCH3 is 2. The number of hydrogen-bond acceptors (Lipinski definition) is 7. The number of ether oxygens (including phenoxy) is 3. The van der Waals surface area contributed by atoms with E-state index in [9.17, 15) is 19.7 Å². The summed E-state index contributed by atoms with van der Waals surface area (Å²) in [5, 5.41) is 13.4. The average molecular weight is 312 g/mol. The zero-order valence-corrected chi connectivity index (χ0v) is 12.4. The Hall–Kier alpha value is -2.68. The Balaban J connectivity index is 2.79. The molecule has 0 atom stereocenters. The van der Waals surface area contributed by atoms with E-state index in [4.69, 9.17) is 4.74 Å². The number of benzene rings is 1. The smallest absolute Gasteiger partial charge is 0.332 e. The number of nitro benzene ring substituents is 1. The van der Waals surface area contributed by atoms with Crippen LogP contribution in [0.25, 0.3) is 0 Å². The van der Waals surface area contributed by atoms with E-state index in [0.717, 1.165) is 0 Å². The summed E-state index contributed by atoms with van der Waals surface area (Å²) in [6.45, 7) is 0.859. The van der Waals surface area contributed by atoms with E-state index in [1.807, 2.05) is 0 Å². The molecule has 1 aromatic rings. The van der Waals surface area contributed by atoms with Gasteiger partial charge < -0.3 is 19.5 Å². The van der Waals surface area contributed by atoms with Gasteiger partial charge in [-0.25, -0.2) is 4.79 Å². The van der Waals surface area contributed by atoms with Crippen LogP contribution in [0.15, 0.2) is 12.1 Å². The van der Waals surface area contributed by atoms with E-state index in [2.05, 4.69) is 14.8 Å². The number of carbonyl (C=O) groups excluding carboxylic acids is 2. The second-order valence-corrected chi connectivity index (χ2v) is 4.24. The van der Waals surface area contributed by atoms with Gasteiger partial charge in [-0.1, -0.05) is 0 Å². The predicted octanol–water partition coefficient (Wildman–Crippen LogP) is 1.04. The van der Waals surface area contributed by atoms with Crippen molar-refractivity contribution in [3.8, 4) is 5.75 Å². The molecule has 0 aromatic heterocycles. The van der Waals surface area contributed by atoms with Gasteiger partial charge >= 0.3 is 11.7 Å². The molecule has 0 heterocycles. The minimum Gasteiger partial charge on any atom is -0.490 e. The maximum absolute atomic E-state index is 11.7. The maximum Gasteiger partial charge on any atom is 0.332 e. The fourth-order valence-corrected chi connectivity index (χ4v) is 1.61. The van der Waals surface area contributed by atoms with Gasteiger partial charge in [0.2, 0.25) is 0 Å². The van der Waals surface area contributed by atoms with Crippen molar-refractivity contribution in [2.75, 3.05) is 32.8 Å². The van der Waals surface area contributed by atoms with Crippen LogP contribution >= 0.6 is 0 Å². The molecule has 0 aliphatic carbocycles. The lowest BCUT2D eigenvalue weighted by Crippen LogP contribution is -2.23. The van der Waals surface area contributed by atoms with Gasteiger partial charge in [-0.2, -0.15) is 0 Å². The number of carbonyl (C=O) groups is 2. The molecule has 0 aliphatic rings. The highest BCUT2D eigenvalue weighted by Crippen LogP contribution is 2.32. The minimum atomic E-state index is -0.671. The Morgan fingerprint density at radius 2 is 1.95 bits per heavy atom. The van der Waals surface area contributed by atoms with Crippen molar-refractivity contribution in [1.82, 2.24) is 0 Å². The van der Waals surface area contributed by atoms with Crippen molar-refractivity contribution in [2.45, 2.75) is 6.92 Å². The first-order chi connectivity index (χ1) is 10.4. The first kappa shape index (κ1) is 17.4. The molecule has 1 N–H and O–H groups in total. The van der Waals surface area contributed by atoms with Gasteiger partial charge in [-0.05, 0) is 12.5 Å². The zero-order chi connectivity index (χ0) is 16.7. The van der Waals surface area contributed by atoms with Crippen LogP contribution in [-0.2, 0) is 19.1 Å². The van der Waals surface area contributed by atoms with E-state index in [0.29, 0.717) is 11.3 Å². The van der Waals surface area contributed by atoms with Crippen LogP contribution in [0, 0.1) is 17.0 Å². The predicted molar refractivity (Wildman–Crippen MR) is 75.9 cm³/mol. The van der Waals surface area contributed by atoms with Crippen molar-refractivity contribution in [2.24, 2.45) is 0 Å². The van der Waals surface area contributed by atoms with Crippen molar-refractivity contribution in [3.63, 3.8) is 0 Å². The average Bonchev–Trinajstić information content (AvgIpc) is 2.47. The third-order valence-electron chi connectivity index (χ3n) is 2.62. The summed E-state index contributed by atoms with van der Waals surface area (Å²) in [5.41, 5.74) is 0.601. The van der Waals surface area contributed by atoms with Crippen LogP contribution in [0.2, 0.25) is 0 Å². The lowest BCUT2D eigenvalue weighted by molar-refractivity contribution is -0.385. The molecule has 0 unspecified atom stereocenters. The summed E-state index contributed by atoms with van der Waals surface area (Å²) in [6.07, 6.45) is 0. The highest BCUT2D eigenvalue weighted by molar-refractivity contribution is 5.94. The molecule has 0 aliphatic heterocycles. The van der Waals surface area contributed by atoms with Crippen LogP contribution < -0.4 is 10.1 Å². The van der Waals surface area contributed by atoms with Gasteiger partial charge in [0.25, 0.3) is 5.91 Å². The van der Waals surface area contributed by atoms with Crippen LogP contribution in [0.3, 0.4) is 0 Å². The maximum atomic E-state index is 11.7. The fraction of sp³-hybridized carbons (Fsp3) is 0.385. The van der Waals surface area contributed by atoms with E-state index in [1.165, 1.54) is 26.4 Å². The Morgan fingerprint density at radius 1 is 1.27 bits per heavy atom. The summed E-state index contributed by atoms with van der Waals surface area (Å²) in [4.78, 5) is 33.0. The summed E-state index contributed by atoms with van der Waals surface area (Å²) < 4.78 is 14.1. The molecule has 1 amide bonds. The van der Waals surface area contributed by atoms with Gasteiger partial charge in [-0.3, -0.25) is 14.9 Å². The molecular weight excluding hydrogens is 296 g/mol. The highest BCUT2D eigenvalue weighted by atomic mass is 16.6. The van der Waals surface area contributed by atoms with Crippen molar-refractivity contribution in [1.29, 1.82) is 0 Å². The molecule has 9 nitrogen and oxygen atoms in total. The zero-order valence-electron chi connectivity index (χ0n) is 12.4. The second kappa shape index (κ2) is 7.93. The monoisotopic (exact) mass is 312 g/mol. The molecule has 120 valence electrons. The summed E-state index contributed by atoms with van der Waals surface area (Å²) in [5.74, 6) is -1.23. The number of esters is 1. The molecule has 0 radical (unpaired) electrons. The summed E-state index contributed by atoms with van der Waals surface area (Å²) in [6, 6.07) is 2.62. The number of nitrogens with zero attached hydrogens (tertiary/aromatic N) is 1. The lowest BCUT2D eigenvalue weighted by Gasteiger charge is -2.11. The van der Waals surface area contributed by atoms with Gasteiger partial charge in [0.15, 0.2) is 12.4 Å². The van der Waals surface area contributed by atoms with Gasteiger partial charge in [0.1, 0.15) is 6.61 Å². The molecule has 0 bridgehead atoms. The Bertz CT molecular complexity index is 586. The summed E-state index contributed by atoms with van der Waals surface area (Å²) in [7, 11) is 2.61. The van der Waals surface area contributed by atoms with Crippen LogP contribution in [0.5, 0.6) is 5.75 Å². The molecule has 1 rings (SSSR count). The quantitative estimate of drug-likeness (QED) is 0.454. The van der Waals surface area contributed by atoms with Crippen LogP contribution in [0.1, 0.15) is 5.56 Å². The van der Waals surface area contributed by atoms with Gasteiger partial charge in [-0.15, -0.1) is 0 Å². The normalized spacial score (nSPS) is 9.95. The number of anilines is 1. The number of rotatable bonds is 7. The van der Waals surface area contributed by atoms with E-state index >= 15 is 0 Å². The molecule has 9 heteroatoms. The first-order valence-corrected chi connectivity index (χ1v) is 6.16. The Labute approximate surface area is 126 Å². The Morgan fingerprint density at radius 3 is 2.50 bits per heavy atom.